The minimum absolute atomic E-state index is 0.0270. The summed E-state index contributed by atoms with van der Waals surface area (Å²) in [6.45, 7) is 0.559. The quantitative estimate of drug-likeness (QED) is 0.887. The van der Waals surface area contributed by atoms with Crippen molar-refractivity contribution in [1.82, 2.24) is 4.90 Å². The van der Waals surface area contributed by atoms with E-state index in [-0.39, 0.29) is 17.9 Å². The second-order valence-electron chi connectivity index (χ2n) is 7.76. The molecule has 142 valence electrons. The normalized spacial score (nSPS) is 27.7. The first-order valence-corrected chi connectivity index (χ1v) is 9.85. The van der Waals surface area contributed by atoms with Gasteiger partial charge in [-0.2, -0.15) is 0 Å². The highest BCUT2D eigenvalue weighted by Gasteiger charge is 2.50. The first-order valence-electron chi connectivity index (χ1n) is 9.85. The van der Waals surface area contributed by atoms with Gasteiger partial charge < -0.3 is 14.7 Å². The molecule has 27 heavy (non-hydrogen) atoms. The molecule has 0 bridgehead atoms. The molecule has 1 aliphatic heterocycles. The summed E-state index contributed by atoms with van der Waals surface area (Å²) in [5, 5.41) is 11.4. The highest BCUT2D eigenvalue weighted by molar-refractivity contribution is 5.94. The van der Waals surface area contributed by atoms with Gasteiger partial charge in [-0.15, -0.1) is 0 Å². The Bertz CT molecular complexity index is 806. The molecule has 0 radical (unpaired) electrons. The summed E-state index contributed by atoms with van der Waals surface area (Å²) in [6, 6.07) is 17.2. The van der Waals surface area contributed by atoms with Crippen LogP contribution in [0.25, 0.3) is 0 Å². The molecule has 2 aromatic rings. The van der Waals surface area contributed by atoms with E-state index in [1.807, 2.05) is 59.5 Å². The fourth-order valence-electron chi connectivity index (χ4n) is 4.95. The number of para-hydroxylation sites is 1. The average Bonchev–Trinajstić information content (AvgIpc) is 2.72. The number of hydrogen-bond acceptors (Lipinski definition) is 3. The molecule has 0 spiro atoms. The predicted molar refractivity (Wildman–Crippen MR) is 105 cm³/mol. The van der Waals surface area contributed by atoms with Gasteiger partial charge in [0.05, 0.1) is 18.8 Å². The fraction of sp³-hybridized carbons (Fsp3) is 0.435. The fourth-order valence-corrected chi connectivity index (χ4v) is 4.95. The molecule has 1 N–H and O–H groups in total. The minimum Gasteiger partial charge on any atom is -0.496 e. The highest BCUT2D eigenvalue weighted by atomic mass is 16.5. The van der Waals surface area contributed by atoms with Gasteiger partial charge in [-0.05, 0) is 37.5 Å². The summed E-state index contributed by atoms with van der Waals surface area (Å²) < 4.78 is 5.63. The molecule has 1 saturated carbocycles. The summed E-state index contributed by atoms with van der Waals surface area (Å²) in [5.74, 6) is 0.839. The third kappa shape index (κ3) is 3.23. The van der Waals surface area contributed by atoms with Crippen molar-refractivity contribution in [3.8, 4) is 5.75 Å². The van der Waals surface area contributed by atoms with Gasteiger partial charge in [-0.1, -0.05) is 49.2 Å². The first-order chi connectivity index (χ1) is 13.1. The number of hydrogen-bond donors (Lipinski definition) is 1. The number of carbonyl (C=O) groups excluding carboxylic acids is 1. The number of amides is 1. The van der Waals surface area contributed by atoms with E-state index in [0.29, 0.717) is 18.5 Å². The minimum atomic E-state index is -0.697. The number of methoxy groups -OCH3 is 1. The Balaban J connectivity index is 1.79. The number of piperidine rings is 1. The van der Waals surface area contributed by atoms with Gasteiger partial charge in [0.15, 0.2) is 0 Å². The maximum Gasteiger partial charge on any atom is 0.254 e. The maximum absolute atomic E-state index is 13.4. The van der Waals surface area contributed by atoms with E-state index in [4.69, 9.17) is 4.74 Å². The summed E-state index contributed by atoms with van der Waals surface area (Å²) >= 11 is 0. The molecule has 1 amide bonds. The summed E-state index contributed by atoms with van der Waals surface area (Å²) in [5.41, 5.74) is 0.991. The third-order valence-corrected chi connectivity index (χ3v) is 6.31. The second-order valence-corrected chi connectivity index (χ2v) is 7.76. The van der Waals surface area contributed by atoms with Crippen molar-refractivity contribution in [1.29, 1.82) is 0 Å². The smallest absolute Gasteiger partial charge is 0.254 e. The number of aliphatic hydroxyl groups is 1. The Labute approximate surface area is 160 Å². The molecule has 1 saturated heterocycles. The SMILES string of the molecule is COc1ccccc1[C@H]1[C@H]2CCCC[C@@]2(O)CCN1C(=O)c1ccccc1. The van der Waals surface area contributed by atoms with Gasteiger partial charge in [0.25, 0.3) is 5.91 Å². The Hall–Kier alpha value is -2.33. The van der Waals surface area contributed by atoms with Crippen LogP contribution in [-0.2, 0) is 0 Å². The number of ether oxygens (including phenoxy) is 1. The third-order valence-electron chi connectivity index (χ3n) is 6.31. The zero-order valence-electron chi connectivity index (χ0n) is 15.8. The first kappa shape index (κ1) is 18.1. The van der Waals surface area contributed by atoms with Gasteiger partial charge >= 0.3 is 0 Å². The second kappa shape index (κ2) is 7.35. The number of fused-ring (bicyclic) bond motifs is 1. The van der Waals surface area contributed by atoms with Gasteiger partial charge in [0, 0.05) is 23.6 Å². The van der Waals surface area contributed by atoms with E-state index < -0.39 is 5.60 Å². The van der Waals surface area contributed by atoms with Crippen molar-refractivity contribution >= 4 is 5.91 Å². The number of rotatable bonds is 3. The van der Waals surface area contributed by atoms with E-state index in [9.17, 15) is 9.90 Å². The largest absolute Gasteiger partial charge is 0.496 e. The van der Waals surface area contributed by atoms with Crippen LogP contribution in [0.15, 0.2) is 54.6 Å². The van der Waals surface area contributed by atoms with Crippen molar-refractivity contribution in [2.24, 2.45) is 5.92 Å². The van der Waals surface area contributed by atoms with Crippen LogP contribution in [-0.4, -0.2) is 35.2 Å². The molecule has 1 aliphatic carbocycles. The Morgan fingerprint density at radius 1 is 1.07 bits per heavy atom. The van der Waals surface area contributed by atoms with Crippen LogP contribution in [0.4, 0.5) is 0 Å². The van der Waals surface area contributed by atoms with Gasteiger partial charge in [-0.3, -0.25) is 4.79 Å². The van der Waals surface area contributed by atoms with E-state index in [1.165, 1.54) is 0 Å². The molecule has 0 aromatic heterocycles. The maximum atomic E-state index is 13.4. The van der Waals surface area contributed by atoms with Crippen LogP contribution in [0.1, 0.15) is 54.1 Å². The van der Waals surface area contributed by atoms with Crippen LogP contribution < -0.4 is 4.74 Å². The van der Waals surface area contributed by atoms with Crippen LogP contribution in [0, 0.1) is 5.92 Å². The van der Waals surface area contributed by atoms with Crippen molar-refractivity contribution in [3.63, 3.8) is 0 Å². The number of likely N-dealkylation sites (tertiary alicyclic amines) is 1. The van der Waals surface area contributed by atoms with E-state index in [0.717, 1.165) is 37.0 Å². The lowest BCUT2D eigenvalue weighted by Gasteiger charge is -2.52. The van der Waals surface area contributed by atoms with Gasteiger partial charge in [0.2, 0.25) is 0 Å². The number of carbonyl (C=O) groups is 1. The average molecular weight is 365 g/mol. The molecule has 4 nitrogen and oxygen atoms in total. The Kier molecular flexibility index (Phi) is 4.92. The molecule has 0 unspecified atom stereocenters. The molecular formula is C23H27NO3. The standard InChI is InChI=1S/C23H27NO3/c1-27-20-13-6-5-11-18(20)21-19-12-7-8-14-23(19,26)15-16-24(21)22(25)17-9-3-2-4-10-17/h2-6,9-11,13,19,21,26H,7-8,12,14-16H2,1H3/t19-,21+,23-/m1/s1. The van der Waals surface area contributed by atoms with E-state index in [1.54, 1.807) is 7.11 Å². The predicted octanol–water partition coefficient (Wildman–Crippen LogP) is 4.20. The van der Waals surface area contributed by atoms with E-state index >= 15 is 0 Å². The van der Waals surface area contributed by atoms with E-state index in [2.05, 4.69) is 0 Å². The molecule has 2 fully saturated rings. The van der Waals surface area contributed by atoms with Crippen LogP contribution in [0.3, 0.4) is 0 Å². The topological polar surface area (TPSA) is 49.8 Å². The molecule has 2 aliphatic rings. The zero-order chi connectivity index (χ0) is 18.9. The molecule has 3 atom stereocenters. The Morgan fingerprint density at radius 2 is 1.81 bits per heavy atom. The van der Waals surface area contributed by atoms with Gasteiger partial charge in [-0.25, -0.2) is 0 Å². The highest BCUT2D eigenvalue weighted by Crippen LogP contribution is 2.51. The molecule has 2 aromatic carbocycles. The number of benzene rings is 2. The van der Waals surface area contributed by atoms with Crippen molar-refractivity contribution in [3.05, 3.63) is 65.7 Å². The van der Waals surface area contributed by atoms with Crippen molar-refractivity contribution in [2.75, 3.05) is 13.7 Å². The van der Waals surface area contributed by atoms with Crippen molar-refractivity contribution in [2.45, 2.75) is 43.7 Å². The lowest BCUT2D eigenvalue weighted by atomic mass is 9.66. The van der Waals surface area contributed by atoms with Gasteiger partial charge in [0.1, 0.15) is 5.75 Å². The zero-order valence-corrected chi connectivity index (χ0v) is 15.8. The van der Waals surface area contributed by atoms with Crippen LogP contribution in [0.2, 0.25) is 0 Å². The molecule has 4 heteroatoms. The Morgan fingerprint density at radius 3 is 2.59 bits per heavy atom. The summed E-state index contributed by atoms with van der Waals surface area (Å²) in [6.07, 6.45) is 4.53. The monoisotopic (exact) mass is 365 g/mol. The lowest BCUT2D eigenvalue weighted by molar-refractivity contribution is -0.115. The lowest BCUT2D eigenvalue weighted by Crippen LogP contribution is -2.56. The molecular weight excluding hydrogens is 338 g/mol. The van der Waals surface area contributed by atoms with Crippen molar-refractivity contribution < 1.29 is 14.6 Å². The van der Waals surface area contributed by atoms with Crippen LogP contribution in [0.5, 0.6) is 5.75 Å². The molecule has 4 rings (SSSR count). The molecule has 1 heterocycles. The number of nitrogens with zero attached hydrogens (tertiary/aromatic N) is 1. The summed E-state index contributed by atoms with van der Waals surface area (Å²) in [4.78, 5) is 15.3. The summed E-state index contributed by atoms with van der Waals surface area (Å²) in [7, 11) is 1.66. The van der Waals surface area contributed by atoms with Crippen LogP contribution >= 0.6 is 0 Å².